The van der Waals surface area contributed by atoms with Crippen molar-refractivity contribution in [3.8, 4) is 0 Å². The molecule has 0 atom stereocenters. The van der Waals surface area contributed by atoms with E-state index in [9.17, 15) is 9.18 Å². The first-order valence-corrected chi connectivity index (χ1v) is 4.94. The second-order valence-electron chi connectivity index (χ2n) is 3.50. The average molecular weight is 206 g/mol. The third kappa shape index (κ3) is 1.90. The summed E-state index contributed by atoms with van der Waals surface area (Å²) >= 11 is 0. The number of halogens is 1. The Morgan fingerprint density at radius 1 is 1.33 bits per heavy atom. The van der Waals surface area contributed by atoms with Crippen molar-refractivity contribution in [3.63, 3.8) is 0 Å². The third-order valence-corrected chi connectivity index (χ3v) is 2.55. The van der Waals surface area contributed by atoms with E-state index < -0.39 is 0 Å². The highest BCUT2D eigenvalue weighted by Crippen LogP contribution is 2.33. The number of para-hydroxylation sites is 1. The molecule has 0 aliphatic carbocycles. The van der Waals surface area contributed by atoms with Crippen molar-refractivity contribution in [2.75, 3.05) is 18.0 Å². The lowest BCUT2D eigenvalue weighted by Crippen LogP contribution is -2.19. The molecule has 0 spiro atoms. The SMILES string of the molecule is O=C=Nc1cccc(F)c1N1CCCC1. The molecule has 15 heavy (non-hydrogen) atoms. The molecule has 1 aliphatic heterocycles. The fraction of sp³-hybridized carbons (Fsp3) is 0.364. The van der Waals surface area contributed by atoms with Crippen LogP contribution in [-0.2, 0) is 4.79 Å². The molecular weight excluding hydrogens is 195 g/mol. The van der Waals surface area contributed by atoms with Crippen LogP contribution in [0.4, 0.5) is 15.8 Å². The van der Waals surface area contributed by atoms with Gasteiger partial charge in [-0.2, -0.15) is 4.99 Å². The Morgan fingerprint density at radius 3 is 2.73 bits per heavy atom. The highest BCUT2D eigenvalue weighted by atomic mass is 19.1. The summed E-state index contributed by atoms with van der Waals surface area (Å²) in [6.07, 6.45) is 3.57. The summed E-state index contributed by atoms with van der Waals surface area (Å²) in [5.41, 5.74) is 0.797. The molecule has 0 bridgehead atoms. The number of benzene rings is 1. The van der Waals surface area contributed by atoms with E-state index in [1.165, 1.54) is 12.1 Å². The number of nitrogens with zero attached hydrogens (tertiary/aromatic N) is 2. The van der Waals surface area contributed by atoms with Crippen molar-refractivity contribution in [2.45, 2.75) is 12.8 Å². The number of hydrogen-bond acceptors (Lipinski definition) is 3. The second kappa shape index (κ2) is 4.24. The van der Waals surface area contributed by atoms with Gasteiger partial charge in [0.1, 0.15) is 11.5 Å². The summed E-state index contributed by atoms with van der Waals surface area (Å²) in [4.78, 5) is 15.7. The van der Waals surface area contributed by atoms with Crippen molar-refractivity contribution in [2.24, 2.45) is 4.99 Å². The molecule has 4 heteroatoms. The van der Waals surface area contributed by atoms with Crippen LogP contribution in [0.5, 0.6) is 0 Å². The van der Waals surface area contributed by atoms with Gasteiger partial charge >= 0.3 is 0 Å². The van der Waals surface area contributed by atoms with Crippen LogP contribution in [-0.4, -0.2) is 19.2 Å². The predicted molar refractivity (Wildman–Crippen MR) is 55.6 cm³/mol. The fourth-order valence-electron chi connectivity index (χ4n) is 1.90. The van der Waals surface area contributed by atoms with Gasteiger partial charge in [-0.1, -0.05) is 6.07 Å². The average Bonchev–Trinajstić information content (AvgIpc) is 2.71. The molecule has 0 N–H and O–H groups in total. The lowest BCUT2D eigenvalue weighted by atomic mass is 10.2. The highest BCUT2D eigenvalue weighted by Gasteiger charge is 2.19. The summed E-state index contributed by atoms with van der Waals surface area (Å²) in [6.45, 7) is 1.64. The van der Waals surface area contributed by atoms with Crippen molar-refractivity contribution in [1.82, 2.24) is 0 Å². The van der Waals surface area contributed by atoms with Crippen LogP contribution in [0.25, 0.3) is 0 Å². The van der Waals surface area contributed by atoms with Crippen molar-refractivity contribution < 1.29 is 9.18 Å². The highest BCUT2D eigenvalue weighted by molar-refractivity contribution is 5.70. The minimum absolute atomic E-state index is 0.326. The minimum atomic E-state index is -0.326. The molecule has 1 aliphatic rings. The first-order chi connectivity index (χ1) is 7.33. The molecule has 0 aromatic heterocycles. The minimum Gasteiger partial charge on any atom is -0.367 e. The Bertz CT molecular complexity index is 407. The zero-order chi connectivity index (χ0) is 10.7. The van der Waals surface area contributed by atoms with Crippen LogP contribution < -0.4 is 4.90 Å². The van der Waals surface area contributed by atoms with Crippen LogP contribution >= 0.6 is 0 Å². The van der Waals surface area contributed by atoms with Gasteiger partial charge < -0.3 is 4.90 Å². The Hall–Kier alpha value is -1.67. The van der Waals surface area contributed by atoms with Gasteiger partial charge in [0.2, 0.25) is 6.08 Å². The van der Waals surface area contributed by atoms with E-state index in [1.807, 2.05) is 4.90 Å². The molecule has 78 valence electrons. The summed E-state index contributed by atoms with van der Waals surface area (Å²) in [5.74, 6) is -0.326. The van der Waals surface area contributed by atoms with E-state index in [0.717, 1.165) is 25.9 Å². The van der Waals surface area contributed by atoms with Crippen LogP contribution in [0.2, 0.25) is 0 Å². The van der Waals surface area contributed by atoms with Gasteiger partial charge in [0.25, 0.3) is 0 Å². The van der Waals surface area contributed by atoms with Gasteiger partial charge in [-0.3, -0.25) is 0 Å². The van der Waals surface area contributed by atoms with Gasteiger partial charge in [0.05, 0.1) is 5.69 Å². The number of aliphatic imine (C=N–C) groups is 1. The standard InChI is InChI=1S/C11H11FN2O/c12-9-4-3-5-10(13-8-15)11(9)14-6-1-2-7-14/h3-5H,1-2,6-7H2. The second-order valence-corrected chi connectivity index (χ2v) is 3.50. The quantitative estimate of drug-likeness (QED) is 0.549. The molecule has 1 heterocycles. The molecule has 0 amide bonds. The summed E-state index contributed by atoms with van der Waals surface area (Å²) in [7, 11) is 0. The first kappa shape index (κ1) is 9.87. The van der Waals surface area contributed by atoms with E-state index in [2.05, 4.69) is 4.99 Å². The molecule has 1 fully saturated rings. The lowest BCUT2D eigenvalue weighted by Gasteiger charge is -2.19. The molecule has 1 aromatic carbocycles. The summed E-state index contributed by atoms with van der Waals surface area (Å²) in [5, 5.41) is 0. The van der Waals surface area contributed by atoms with Gasteiger partial charge in [0.15, 0.2) is 0 Å². The maximum absolute atomic E-state index is 13.6. The normalized spacial score (nSPS) is 15.1. The van der Waals surface area contributed by atoms with E-state index in [-0.39, 0.29) is 5.82 Å². The lowest BCUT2D eigenvalue weighted by molar-refractivity contribution is 0.565. The van der Waals surface area contributed by atoms with E-state index >= 15 is 0 Å². The van der Waals surface area contributed by atoms with Gasteiger partial charge in [-0.25, -0.2) is 9.18 Å². The Labute approximate surface area is 87.2 Å². The topological polar surface area (TPSA) is 32.7 Å². The number of isocyanates is 1. The molecule has 0 radical (unpaired) electrons. The molecule has 1 saturated heterocycles. The Morgan fingerprint density at radius 2 is 2.07 bits per heavy atom. The molecule has 1 aromatic rings. The third-order valence-electron chi connectivity index (χ3n) is 2.55. The monoisotopic (exact) mass is 206 g/mol. The van der Waals surface area contributed by atoms with Crippen molar-refractivity contribution >= 4 is 17.5 Å². The molecule has 0 unspecified atom stereocenters. The van der Waals surface area contributed by atoms with Crippen LogP contribution in [0.15, 0.2) is 23.2 Å². The Balaban J connectivity index is 2.45. The van der Waals surface area contributed by atoms with E-state index in [1.54, 1.807) is 12.1 Å². The maximum atomic E-state index is 13.6. The van der Waals surface area contributed by atoms with E-state index in [0.29, 0.717) is 11.4 Å². The van der Waals surface area contributed by atoms with Crippen molar-refractivity contribution in [1.29, 1.82) is 0 Å². The number of hydrogen-bond donors (Lipinski definition) is 0. The zero-order valence-corrected chi connectivity index (χ0v) is 8.24. The van der Waals surface area contributed by atoms with Crippen molar-refractivity contribution in [3.05, 3.63) is 24.0 Å². The number of anilines is 1. The molecular formula is C11H11FN2O. The summed E-state index contributed by atoms with van der Waals surface area (Å²) in [6, 6.07) is 4.56. The predicted octanol–water partition coefficient (Wildman–Crippen LogP) is 2.39. The smallest absolute Gasteiger partial charge is 0.240 e. The Kier molecular flexibility index (Phi) is 2.79. The van der Waals surface area contributed by atoms with Crippen LogP contribution in [0, 0.1) is 5.82 Å². The maximum Gasteiger partial charge on any atom is 0.240 e. The van der Waals surface area contributed by atoms with Crippen LogP contribution in [0.1, 0.15) is 12.8 Å². The summed E-state index contributed by atoms with van der Waals surface area (Å²) < 4.78 is 13.6. The number of carbonyl (C=O) groups excluding carboxylic acids is 1. The first-order valence-electron chi connectivity index (χ1n) is 4.94. The largest absolute Gasteiger partial charge is 0.367 e. The van der Waals surface area contributed by atoms with E-state index in [4.69, 9.17) is 0 Å². The number of rotatable bonds is 2. The molecule has 2 rings (SSSR count). The molecule has 0 saturated carbocycles. The molecule has 3 nitrogen and oxygen atoms in total. The van der Waals surface area contributed by atoms with Crippen LogP contribution in [0.3, 0.4) is 0 Å². The van der Waals surface area contributed by atoms with Gasteiger partial charge in [-0.05, 0) is 25.0 Å². The van der Waals surface area contributed by atoms with Gasteiger partial charge in [-0.15, -0.1) is 0 Å². The fourth-order valence-corrected chi connectivity index (χ4v) is 1.90. The zero-order valence-electron chi connectivity index (χ0n) is 8.24. The van der Waals surface area contributed by atoms with Gasteiger partial charge in [0, 0.05) is 13.1 Å².